The van der Waals surface area contributed by atoms with Crippen LogP contribution in [-0.4, -0.2) is 40.3 Å². The molecule has 104 valence electrons. The van der Waals surface area contributed by atoms with E-state index in [4.69, 9.17) is 4.74 Å². The number of alkyl halides is 2. The molecule has 0 unspecified atom stereocenters. The molecule has 0 aromatic carbocycles. The molecule has 0 amide bonds. The summed E-state index contributed by atoms with van der Waals surface area (Å²) in [5, 5.41) is 0. The lowest BCUT2D eigenvalue weighted by Crippen LogP contribution is -2.46. The first-order chi connectivity index (χ1) is 8.53. The van der Waals surface area contributed by atoms with E-state index < -0.39 is 0 Å². The van der Waals surface area contributed by atoms with Crippen molar-refractivity contribution >= 4 is 37.8 Å². The van der Waals surface area contributed by atoms with Crippen molar-refractivity contribution in [1.29, 1.82) is 0 Å². The molecule has 2 rings (SSSR count). The average molecular weight is 383 g/mol. The van der Waals surface area contributed by atoms with Crippen LogP contribution in [0.4, 0.5) is 0 Å². The molecule has 1 heterocycles. The van der Waals surface area contributed by atoms with Crippen LogP contribution in [0.2, 0.25) is 0 Å². The SMILES string of the molecule is CN1CCC(C2(OC(=O)C(Br)Br)CCCC2)CC1. The van der Waals surface area contributed by atoms with Gasteiger partial charge in [-0.3, -0.25) is 0 Å². The minimum Gasteiger partial charge on any atom is -0.457 e. The molecule has 0 atom stereocenters. The molecule has 1 aliphatic heterocycles. The summed E-state index contributed by atoms with van der Waals surface area (Å²) in [5.74, 6) is 0.370. The molecule has 0 radical (unpaired) electrons. The lowest BCUT2D eigenvalue weighted by molar-refractivity contribution is -0.165. The number of carbonyl (C=O) groups excluding carboxylic acids is 1. The summed E-state index contributed by atoms with van der Waals surface area (Å²) in [6.07, 6.45) is 6.77. The van der Waals surface area contributed by atoms with Crippen molar-refractivity contribution < 1.29 is 9.53 Å². The van der Waals surface area contributed by atoms with Crippen molar-refractivity contribution in [3.05, 3.63) is 0 Å². The normalized spacial score (nSPS) is 25.6. The number of rotatable bonds is 3. The van der Waals surface area contributed by atoms with Crippen LogP contribution in [0, 0.1) is 5.92 Å². The zero-order valence-electron chi connectivity index (χ0n) is 10.8. The van der Waals surface area contributed by atoms with Crippen molar-refractivity contribution in [1.82, 2.24) is 4.90 Å². The molecular weight excluding hydrogens is 362 g/mol. The first-order valence-corrected chi connectivity index (χ1v) is 8.56. The van der Waals surface area contributed by atoms with E-state index in [2.05, 4.69) is 43.8 Å². The Morgan fingerprint density at radius 1 is 1.28 bits per heavy atom. The number of esters is 1. The third kappa shape index (κ3) is 3.28. The fourth-order valence-electron chi connectivity index (χ4n) is 3.35. The lowest BCUT2D eigenvalue weighted by atomic mass is 9.79. The Labute approximate surface area is 126 Å². The van der Waals surface area contributed by atoms with E-state index in [-0.39, 0.29) is 15.3 Å². The van der Waals surface area contributed by atoms with Gasteiger partial charge in [0.25, 0.3) is 0 Å². The number of likely N-dealkylation sites (tertiary alicyclic amines) is 1. The second-order valence-electron chi connectivity index (χ2n) is 5.57. The third-order valence-electron chi connectivity index (χ3n) is 4.39. The van der Waals surface area contributed by atoms with Crippen LogP contribution in [0.25, 0.3) is 0 Å². The maximum absolute atomic E-state index is 11.9. The fourth-order valence-corrected chi connectivity index (χ4v) is 3.53. The quantitative estimate of drug-likeness (QED) is 0.554. The Bertz CT molecular complexity index is 295. The van der Waals surface area contributed by atoms with Gasteiger partial charge >= 0.3 is 5.97 Å². The minimum atomic E-state index is -0.381. The molecule has 0 aromatic rings. The lowest BCUT2D eigenvalue weighted by Gasteiger charge is -2.41. The van der Waals surface area contributed by atoms with Crippen LogP contribution in [0.15, 0.2) is 0 Å². The highest BCUT2D eigenvalue weighted by Crippen LogP contribution is 2.44. The van der Waals surface area contributed by atoms with Gasteiger partial charge in [-0.15, -0.1) is 0 Å². The van der Waals surface area contributed by atoms with Gasteiger partial charge in [0.2, 0.25) is 0 Å². The highest BCUT2D eigenvalue weighted by molar-refractivity contribution is 9.25. The summed E-state index contributed by atoms with van der Waals surface area (Å²) in [4.78, 5) is 14.2. The first-order valence-electron chi connectivity index (χ1n) is 6.73. The molecule has 1 saturated carbocycles. The molecule has 5 heteroatoms. The largest absolute Gasteiger partial charge is 0.457 e. The van der Waals surface area contributed by atoms with E-state index in [1.807, 2.05) is 0 Å². The summed E-state index contributed by atoms with van der Waals surface area (Å²) >= 11 is 6.48. The van der Waals surface area contributed by atoms with Gasteiger partial charge in [-0.2, -0.15) is 0 Å². The molecule has 0 N–H and O–H groups in total. The summed E-state index contributed by atoms with van der Waals surface area (Å²) < 4.78 is 5.50. The van der Waals surface area contributed by atoms with Gasteiger partial charge in [0.1, 0.15) is 5.60 Å². The Kier molecular flexibility index (Phi) is 5.12. The number of nitrogens with zero attached hydrogens (tertiary/aromatic N) is 1. The maximum Gasteiger partial charge on any atom is 0.331 e. The minimum absolute atomic E-state index is 0.171. The van der Waals surface area contributed by atoms with Gasteiger partial charge in [-0.1, -0.05) is 31.9 Å². The van der Waals surface area contributed by atoms with Crippen molar-refractivity contribution in [2.24, 2.45) is 5.92 Å². The van der Waals surface area contributed by atoms with E-state index >= 15 is 0 Å². The van der Waals surface area contributed by atoms with Crippen molar-refractivity contribution in [2.75, 3.05) is 20.1 Å². The van der Waals surface area contributed by atoms with Crippen molar-refractivity contribution in [3.8, 4) is 0 Å². The Morgan fingerprint density at radius 2 is 1.83 bits per heavy atom. The van der Waals surface area contributed by atoms with Crippen LogP contribution in [-0.2, 0) is 9.53 Å². The van der Waals surface area contributed by atoms with Crippen LogP contribution in [0.3, 0.4) is 0 Å². The summed E-state index contributed by atoms with van der Waals surface area (Å²) in [5.41, 5.74) is -0.182. The molecule has 2 fully saturated rings. The maximum atomic E-state index is 11.9. The molecule has 1 saturated heterocycles. The molecule has 0 bridgehead atoms. The second-order valence-corrected chi connectivity index (χ2v) is 8.63. The predicted molar refractivity (Wildman–Crippen MR) is 79.2 cm³/mol. The molecular formula is C13H21Br2NO2. The summed E-state index contributed by atoms with van der Waals surface area (Å²) in [6, 6.07) is 0. The highest BCUT2D eigenvalue weighted by atomic mass is 79.9. The molecule has 1 aliphatic carbocycles. The average Bonchev–Trinajstić information content (AvgIpc) is 2.79. The topological polar surface area (TPSA) is 29.5 Å². The monoisotopic (exact) mass is 381 g/mol. The standard InChI is InChI=1S/C13H21Br2NO2/c1-16-8-4-10(5-9-16)13(6-2-3-7-13)18-12(17)11(14)15/h10-11H,2-9H2,1H3. The highest BCUT2D eigenvalue weighted by Gasteiger charge is 2.45. The van der Waals surface area contributed by atoms with Crippen molar-refractivity contribution in [3.63, 3.8) is 0 Å². The van der Waals surface area contributed by atoms with E-state index in [1.165, 1.54) is 12.8 Å². The smallest absolute Gasteiger partial charge is 0.331 e. The number of halogens is 2. The van der Waals surface area contributed by atoms with Crippen LogP contribution in [0.5, 0.6) is 0 Å². The van der Waals surface area contributed by atoms with Gasteiger partial charge in [0.15, 0.2) is 3.74 Å². The molecule has 3 nitrogen and oxygen atoms in total. The van der Waals surface area contributed by atoms with E-state index in [0.29, 0.717) is 5.92 Å². The summed E-state index contributed by atoms with van der Waals surface area (Å²) in [7, 11) is 2.16. The second kappa shape index (κ2) is 6.23. The molecule has 0 spiro atoms. The third-order valence-corrected chi connectivity index (χ3v) is 5.14. The first kappa shape index (κ1) is 14.8. The number of piperidine rings is 1. The Balaban J connectivity index is 2.04. The van der Waals surface area contributed by atoms with Gasteiger partial charge in [0, 0.05) is 5.92 Å². The number of hydrogen-bond acceptors (Lipinski definition) is 3. The van der Waals surface area contributed by atoms with Crippen LogP contribution < -0.4 is 0 Å². The molecule has 2 aliphatic rings. The molecule has 0 aromatic heterocycles. The number of carbonyl (C=O) groups is 1. The molecule has 18 heavy (non-hydrogen) atoms. The van der Waals surface area contributed by atoms with Gasteiger partial charge < -0.3 is 9.64 Å². The number of hydrogen-bond donors (Lipinski definition) is 0. The van der Waals surface area contributed by atoms with Crippen molar-refractivity contribution in [2.45, 2.75) is 47.9 Å². The van der Waals surface area contributed by atoms with Gasteiger partial charge in [-0.05, 0) is 58.7 Å². The zero-order chi connectivity index (χ0) is 13.2. The number of ether oxygens (including phenoxy) is 1. The van der Waals surface area contributed by atoms with Gasteiger partial charge in [0.05, 0.1) is 0 Å². The predicted octanol–water partition coefficient (Wildman–Crippen LogP) is 3.30. The summed E-state index contributed by atoms with van der Waals surface area (Å²) in [6.45, 7) is 2.24. The van der Waals surface area contributed by atoms with E-state index in [0.717, 1.165) is 38.8 Å². The Hall–Kier alpha value is 0.390. The van der Waals surface area contributed by atoms with Crippen LogP contribution >= 0.6 is 31.9 Å². The van der Waals surface area contributed by atoms with Crippen LogP contribution in [0.1, 0.15) is 38.5 Å². The van der Waals surface area contributed by atoms with E-state index in [9.17, 15) is 4.79 Å². The van der Waals surface area contributed by atoms with Gasteiger partial charge in [-0.25, -0.2) is 4.79 Å². The Morgan fingerprint density at radius 3 is 2.33 bits per heavy atom. The fraction of sp³-hybridized carbons (Fsp3) is 0.923. The van der Waals surface area contributed by atoms with E-state index in [1.54, 1.807) is 0 Å². The zero-order valence-corrected chi connectivity index (χ0v) is 14.0.